The van der Waals surface area contributed by atoms with Crippen molar-refractivity contribution in [2.24, 2.45) is 0 Å². The van der Waals surface area contributed by atoms with Crippen molar-refractivity contribution >= 4 is 15.6 Å². The van der Waals surface area contributed by atoms with Crippen molar-refractivity contribution in [2.45, 2.75) is 32.1 Å². The molecule has 3 aromatic carbocycles. The second-order valence-corrected chi connectivity index (χ2v) is 8.31. The van der Waals surface area contributed by atoms with Crippen molar-refractivity contribution in [3.63, 3.8) is 0 Å². The van der Waals surface area contributed by atoms with E-state index in [-0.39, 0.29) is 5.78 Å². The average Bonchev–Trinajstić information content (AvgIpc) is 2.70. The van der Waals surface area contributed by atoms with E-state index < -0.39 is 9.84 Å². The summed E-state index contributed by atoms with van der Waals surface area (Å²) in [6.07, 6.45) is 2.45. The molecule has 0 aliphatic heterocycles. The molecular formula is C24H28O3S. The molecule has 0 radical (unpaired) electrons. The lowest BCUT2D eigenvalue weighted by molar-refractivity contribution is 0.101. The normalized spacial score (nSPS) is 10.0. The number of hydrogen-bond donors (Lipinski definition) is 0. The highest BCUT2D eigenvalue weighted by Crippen LogP contribution is 2.19. The summed E-state index contributed by atoms with van der Waals surface area (Å²) >= 11 is 0. The standard InChI is InChI=1S/C14H12O.C7H8O2S.C3H8/c1-11(15)12-7-9-14(10-8-12)13-5-3-2-4-6-13;1-10(8,9)7-5-3-2-4-6-7;1-3-2/h2-10H,1H3;2-6H,1H3;3H2,1-2H3. The smallest absolute Gasteiger partial charge is 0.175 e. The first-order chi connectivity index (χ1) is 13.3. The molecule has 0 aromatic heterocycles. The fraction of sp³-hybridized carbons (Fsp3) is 0.208. The number of Topliss-reactive ketones (excluding diaryl/α,β-unsaturated/α-hetero) is 1. The van der Waals surface area contributed by atoms with Gasteiger partial charge in [-0.3, -0.25) is 4.79 Å². The molecule has 0 atom stereocenters. The summed E-state index contributed by atoms with van der Waals surface area (Å²) < 4.78 is 21.7. The molecule has 3 aromatic rings. The van der Waals surface area contributed by atoms with E-state index in [1.165, 1.54) is 18.2 Å². The van der Waals surface area contributed by atoms with Crippen LogP contribution in [0.15, 0.2) is 89.8 Å². The fourth-order valence-corrected chi connectivity index (χ4v) is 2.85. The van der Waals surface area contributed by atoms with Crippen molar-refractivity contribution in [3.8, 4) is 11.1 Å². The van der Waals surface area contributed by atoms with Crippen molar-refractivity contribution in [3.05, 3.63) is 90.5 Å². The van der Waals surface area contributed by atoms with Gasteiger partial charge in [0.25, 0.3) is 0 Å². The summed E-state index contributed by atoms with van der Waals surface area (Å²) in [7, 11) is -3.00. The minimum absolute atomic E-state index is 0.106. The van der Waals surface area contributed by atoms with Crippen LogP contribution in [0.3, 0.4) is 0 Å². The Balaban J connectivity index is 0.000000261. The first kappa shape index (κ1) is 23.3. The third-order valence-corrected chi connectivity index (χ3v) is 4.70. The molecule has 0 saturated carbocycles. The molecule has 0 saturated heterocycles. The Morgan fingerprint density at radius 1 is 0.714 bits per heavy atom. The van der Waals surface area contributed by atoms with E-state index in [9.17, 15) is 13.2 Å². The zero-order chi connectivity index (χ0) is 21.0. The van der Waals surface area contributed by atoms with Crippen molar-refractivity contribution in [1.82, 2.24) is 0 Å². The van der Waals surface area contributed by atoms with Crippen LogP contribution in [0, 0.1) is 0 Å². The number of carbonyl (C=O) groups is 1. The van der Waals surface area contributed by atoms with Crippen molar-refractivity contribution in [1.29, 1.82) is 0 Å². The summed E-state index contributed by atoms with van der Waals surface area (Å²) in [5, 5.41) is 0. The minimum Gasteiger partial charge on any atom is -0.295 e. The van der Waals surface area contributed by atoms with Gasteiger partial charge in [0.1, 0.15) is 0 Å². The van der Waals surface area contributed by atoms with Crippen LogP contribution in [0.1, 0.15) is 37.6 Å². The van der Waals surface area contributed by atoms with Gasteiger partial charge in [0, 0.05) is 11.8 Å². The first-order valence-electron chi connectivity index (χ1n) is 9.21. The molecule has 3 rings (SSSR count). The molecule has 0 amide bonds. The Labute approximate surface area is 169 Å². The minimum atomic E-state index is -3.00. The largest absolute Gasteiger partial charge is 0.295 e. The molecule has 0 fully saturated rings. The van der Waals surface area contributed by atoms with Crippen LogP contribution in [0.4, 0.5) is 0 Å². The topological polar surface area (TPSA) is 51.2 Å². The lowest BCUT2D eigenvalue weighted by Gasteiger charge is -2.01. The van der Waals surface area contributed by atoms with E-state index in [2.05, 4.69) is 26.0 Å². The molecule has 0 aliphatic rings. The third-order valence-electron chi connectivity index (χ3n) is 3.57. The van der Waals surface area contributed by atoms with E-state index in [1.54, 1.807) is 37.3 Å². The van der Waals surface area contributed by atoms with Gasteiger partial charge in [-0.05, 0) is 30.2 Å². The highest BCUT2D eigenvalue weighted by atomic mass is 32.2. The van der Waals surface area contributed by atoms with E-state index >= 15 is 0 Å². The van der Waals surface area contributed by atoms with Crippen LogP contribution in [-0.2, 0) is 9.84 Å². The molecule has 28 heavy (non-hydrogen) atoms. The maximum absolute atomic E-state index is 11.1. The van der Waals surface area contributed by atoms with Crippen LogP contribution in [-0.4, -0.2) is 20.5 Å². The Hall–Kier alpha value is -2.72. The van der Waals surface area contributed by atoms with Gasteiger partial charge in [0.15, 0.2) is 15.6 Å². The second kappa shape index (κ2) is 11.9. The maximum Gasteiger partial charge on any atom is 0.175 e. The van der Waals surface area contributed by atoms with Gasteiger partial charge >= 0.3 is 0 Å². The summed E-state index contributed by atoms with van der Waals surface area (Å²) in [4.78, 5) is 11.5. The molecule has 0 N–H and O–H groups in total. The molecule has 3 nitrogen and oxygen atoms in total. The average molecular weight is 397 g/mol. The van der Waals surface area contributed by atoms with E-state index in [0.717, 1.165) is 11.1 Å². The molecule has 4 heteroatoms. The van der Waals surface area contributed by atoms with Gasteiger partial charge < -0.3 is 0 Å². The molecule has 0 aliphatic carbocycles. The molecule has 0 unspecified atom stereocenters. The van der Waals surface area contributed by atoms with Gasteiger partial charge in [-0.1, -0.05) is 93.1 Å². The van der Waals surface area contributed by atoms with Crippen molar-refractivity contribution in [2.75, 3.05) is 6.26 Å². The fourth-order valence-electron chi connectivity index (χ4n) is 2.20. The van der Waals surface area contributed by atoms with Crippen LogP contribution < -0.4 is 0 Å². The number of benzene rings is 3. The predicted octanol–water partition coefficient (Wildman–Crippen LogP) is 6.06. The van der Waals surface area contributed by atoms with Gasteiger partial charge in [0.2, 0.25) is 0 Å². The summed E-state index contributed by atoms with van der Waals surface area (Å²) in [6, 6.07) is 26.2. The molecule has 148 valence electrons. The van der Waals surface area contributed by atoms with Gasteiger partial charge in [0.05, 0.1) is 4.90 Å². The zero-order valence-electron chi connectivity index (χ0n) is 16.9. The summed E-state index contributed by atoms with van der Waals surface area (Å²) in [5.74, 6) is 0.106. The highest BCUT2D eigenvalue weighted by Gasteiger charge is 2.03. The first-order valence-corrected chi connectivity index (χ1v) is 11.1. The molecule has 0 heterocycles. The van der Waals surface area contributed by atoms with Gasteiger partial charge in [-0.2, -0.15) is 0 Å². The Kier molecular flexibility index (Phi) is 9.89. The predicted molar refractivity (Wildman–Crippen MR) is 117 cm³/mol. The number of sulfone groups is 1. The summed E-state index contributed by atoms with van der Waals surface area (Å²) in [5.41, 5.74) is 3.07. The number of hydrogen-bond acceptors (Lipinski definition) is 3. The quantitative estimate of drug-likeness (QED) is 0.505. The van der Waals surface area contributed by atoms with E-state index in [4.69, 9.17) is 0 Å². The maximum atomic E-state index is 11.1. The molecular weight excluding hydrogens is 368 g/mol. The van der Waals surface area contributed by atoms with E-state index in [0.29, 0.717) is 4.90 Å². The van der Waals surface area contributed by atoms with Crippen LogP contribution in [0.25, 0.3) is 11.1 Å². The van der Waals surface area contributed by atoms with Gasteiger partial charge in [-0.25, -0.2) is 8.42 Å². The third kappa shape index (κ3) is 8.31. The molecule has 0 bridgehead atoms. The highest BCUT2D eigenvalue weighted by molar-refractivity contribution is 7.90. The number of carbonyl (C=O) groups excluding carboxylic acids is 1. The number of ketones is 1. The zero-order valence-corrected chi connectivity index (χ0v) is 17.7. The second-order valence-electron chi connectivity index (χ2n) is 6.29. The Morgan fingerprint density at radius 3 is 1.46 bits per heavy atom. The lowest BCUT2D eigenvalue weighted by atomic mass is 10.0. The number of rotatable bonds is 3. The summed E-state index contributed by atoms with van der Waals surface area (Å²) in [6.45, 7) is 5.83. The SMILES string of the molecule is CC(=O)c1ccc(-c2ccccc2)cc1.CCC.CS(=O)(=O)c1ccccc1. The monoisotopic (exact) mass is 396 g/mol. The Morgan fingerprint density at radius 2 is 1.11 bits per heavy atom. The Bertz CT molecular complexity index is 930. The van der Waals surface area contributed by atoms with Gasteiger partial charge in [-0.15, -0.1) is 0 Å². The van der Waals surface area contributed by atoms with Crippen molar-refractivity contribution < 1.29 is 13.2 Å². The van der Waals surface area contributed by atoms with Crippen LogP contribution >= 0.6 is 0 Å². The van der Waals surface area contributed by atoms with Crippen LogP contribution in [0.5, 0.6) is 0 Å². The lowest BCUT2D eigenvalue weighted by Crippen LogP contribution is -1.95. The molecule has 0 spiro atoms. The van der Waals surface area contributed by atoms with E-state index in [1.807, 2.05) is 42.5 Å². The van der Waals surface area contributed by atoms with Crippen LogP contribution in [0.2, 0.25) is 0 Å².